The minimum absolute atomic E-state index is 0.493. The van der Waals surface area contributed by atoms with E-state index in [1.807, 2.05) is 6.08 Å². The summed E-state index contributed by atoms with van der Waals surface area (Å²) >= 11 is 0. The molecule has 2 heteroatoms. The summed E-state index contributed by atoms with van der Waals surface area (Å²) < 4.78 is 5.80. The van der Waals surface area contributed by atoms with Crippen LogP contribution in [0.15, 0.2) is 12.7 Å². The molecule has 2 nitrogen and oxygen atoms in total. The van der Waals surface area contributed by atoms with Gasteiger partial charge in [0.25, 0.3) is 0 Å². The van der Waals surface area contributed by atoms with Gasteiger partial charge in [0, 0.05) is 12.6 Å². The van der Waals surface area contributed by atoms with Crippen molar-refractivity contribution in [3.63, 3.8) is 0 Å². The van der Waals surface area contributed by atoms with Crippen LogP contribution >= 0.6 is 0 Å². The van der Waals surface area contributed by atoms with Crippen LogP contribution in [-0.2, 0) is 4.74 Å². The Labute approximate surface area is 100 Å². The molecule has 2 atom stereocenters. The molecule has 0 bridgehead atoms. The molecule has 0 aromatic carbocycles. The first-order chi connectivity index (χ1) is 7.86. The Morgan fingerprint density at radius 1 is 1.50 bits per heavy atom. The Hall–Kier alpha value is -0.340. The van der Waals surface area contributed by atoms with E-state index in [-0.39, 0.29) is 0 Å². The molecule has 94 valence electrons. The summed E-state index contributed by atoms with van der Waals surface area (Å²) in [7, 11) is 0. The first-order valence-corrected chi connectivity index (χ1v) is 6.82. The first kappa shape index (κ1) is 13.7. The van der Waals surface area contributed by atoms with Gasteiger partial charge in [-0.2, -0.15) is 0 Å². The normalized spacial score (nSPS) is 22.9. The van der Waals surface area contributed by atoms with Gasteiger partial charge in [0.2, 0.25) is 0 Å². The minimum atomic E-state index is 0.493. The molecular weight excluding hydrogens is 198 g/mol. The zero-order chi connectivity index (χ0) is 11.6. The Balaban J connectivity index is 2.25. The largest absolute Gasteiger partial charge is 0.378 e. The highest BCUT2D eigenvalue weighted by atomic mass is 16.5. The lowest BCUT2D eigenvalue weighted by Crippen LogP contribution is -2.35. The van der Waals surface area contributed by atoms with E-state index in [2.05, 4.69) is 18.8 Å². The van der Waals surface area contributed by atoms with Crippen molar-refractivity contribution >= 4 is 0 Å². The minimum Gasteiger partial charge on any atom is -0.378 e. The third-order valence-electron chi connectivity index (χ3n) is 3.22. The van der Waals surface area contributed by atoms with E-state index in [1.165, 1.54) is 38.5 Å². The Morgan fingerprint density at radius 3 is 3.00 bits per heavy atom. The molecule has 0 saturated carbocycles. The fourth-order valence-corrected chi connectivity index (χ4v) is 2.28. The lowest BCUT2D eigenvalue weighted by atomic mass is 9.98. The molecule has 16 heavy (non-hydrogen) atoms. The molecule has 1 N–H and O–H groups in total. The average molecular weight is 225 g/mol. The predicted octanol–water partition coefficient (Wildman–Crippen LogP) is 3.28. The SMILES string of the molecule is C=CCCC(CC1CCCCO1)NCCC. The monoisotopic (exact) mass is 225 g/mol. The zero-order valence-corrected chi connectivity index (χ0v) is 10.7. The highest BCUT2D eigenvalue weighted by Crippen LogP contribution is 2.18. The number of allylic oxidation sites excluding steroid dienone is 1. The molecule has 1 rings (SSSR count). The fraction of sp³-hybridized carbons (Fsp3) is 0.857. The van der Waals surface area contributed by atoms with Gasteiger partial charge in [0.1, 0.15) is 0 Å². The van der Waals surface area contributed by atoms with Gasteiger partial charge < -0.3 is 10.1 Å². The third-order valence-corrected chi connectivity index (χ3v) is 3.22. The van der Waals surface area contributed by atoms with Crippen LogP contribution in [-0.4, -0.2) is 25.3 Å². The van der Waals surface area contributed by atoms with Crippen molar-refractivity contribution in [2.45, 2.75) is 64.0 Å². The summed E-state index contributed by atoms with van der Waals surface area (Å²) in [6.45, 7) is 8.10. The summed E-state index contributed by atoms with van der Waals surface area (Å²) in [5.74, 6) is 0. The van der Waals surface area contributed by atoms with Crippen LogP contribution in [0.3, 0.4) is 0 Å². The molecule has 1 aliphatic rings. The lowest BCUT2D eigenvalue weighted by Gasteiger charge is -2.27. The van der Waals surface area contributed by atoms with Crippen molar-refractivity contribution in [1.29, 1.82) is 0 Å². The van der Waals surface area contributed by atoms with Gasteiger partial charge >= 0.3 is 0 Å². The molecular formula is C14H27NO. The second-order valence-corrected chi connectivity index (χ2v) is 4.74. The van der Waals surface area contributed by atoms with Crippen LogP contribution in [0.5, 0.6) is 0 Å². The topological polar surface area (TPSA) is 21.3 Å². The van der Waals surface area contributed by atoms with Gasteiger partial charge in [-0.05, 0) is 51.5 Å². The fourth-order valence-electron chi connectivity index (χ4n) is 2.28. The number of hydrogen-bond donors (Lipinski definition) is 1. The van der Waals surface area contributed by atoms with Crippen molar-refractivity contribution < 1.29 is 4.74 Å². The highest BCUT2D eigenvalue weighted by molar-refractivity contribution is 4.78. The molecule has 2 unspecified atom stereocenters. The summed E-state index contributed by atoms with van der Waals surface area (Å²) in [5, 5.41) is 3.62. The molecule has 0 aliphatic carbocycles. The average Bonchev–Trinajstić information content (AvgIpc) is 2.34. The standard InChI is InChI=1S/C14H27NO/c1-3-5-8-13(15-10-4-2)12-14-9-6-7-11-16-14/h3,13-15H,1,4-12H2,2H3. The highest BCUT2D eigenvalue weighted by Gasteiger charge is 2.18. The molecule has 0 aromatic heterocycles. The van der Waals surface area contributed by atoms with Crippen molar-refractivity contribution in [1.82, 2.24) is 5.32 Å². The first-order valence-electron chi connectivity index (χ1n) is 6.82. The maximum atomic E-state index is 5.80. The lowest BCUT2D eigenvalue weighted by molar-refractivity contribution is 0.00479. The third kappa shape index (κ3) is 5.66. The summed E-state index contributed by atoms with van der Waals surface area (Å²) in [4.78, 5) is 0. The number of hydrogen-bond acceptors (Lipinski definition) is 2. The van der Waals surface area contributed by atoms with Gasteiger partial charge in [0.15, 0.2) is 0 Å². The number of rotatable bonds is 8. The van der Waals surface area contributed by atoms with Gasteiger partial charge in [-0.15, -0.1) is 6.58 Å². The Kier molecular flexibility index (Phi) is 7.52. The van der Waals surface area contributed by atoms with Crippen molar-refractivity contribution in [3.05, 3.63) is 12.7 Å². The maximum Gasteiger partial charge on any atom is 0.0590 e. The van der Waals surface area contributed by atoms with E-state index < -0.39 is 0 Å². The molecule has 1 heterocycles. The molecule has 1 saturated heterocycles. The Bertz CT molecular complexity index is 176. The second-order valence-electron chi connectivity index (χ2n) is 4.74. The molecule has 0 aromatic rings. The summed E-state index contributed by atoms with van der Waals surface area (Å²) in [6.07, 6.45) is 11.0. The summed E-state index contributed by atoms with van der Waals surface area (Å²) in [6, 6.07) is 0.612. The van der Waals surface area contributed by atoms with Gasteiger partial charge in [-0.3, -0.25) is 0 Å². The van der Waals surface area contributed by atoms with Crippen LogP contribution in [0.1, 0.15) is 51.9 Å². The number of ether oxygens (including phenoxy) is 1. The smallest absolute Gasteiger partial charge is 0.0590 e. The van der Waals surface area contributed by atoms with Crippen molar-refractivity contribution in [2.75, 3.05) is 13.2 Å². The Morgan fingerprint density at radius 2 is 2.38 bits per heavy atom. The quantitative estimate of drug-likeness (QED) is 0.640. The van der Waals surface area contributed by atoms with Crippen LogP contribution in [0.2, 0.25) is 0 Å². The van der Waals surface area contributed by atoms with Crippen LogP contribution in [0.4, 0.5) is 0 Å². The van der Waals surface area contributed by atoms with Gasteiger partial charge in [-0.25, -0.2) is 0 Å². The van der Waals surface area contributed by atoms with Crippen molar-refractivity contribution in [3.8, 4) is 0 Å². The molecule has 1 aliphatic heterocycles. The second kappa shape index (κ2) is 8.77. The molecule has 0 amide bonds. The van der Waals surface area contributed by atoms with Crippen LogP contribution in [0, 0.1) is 0 Å². The molecule has 0 radical (unpaired) electrons. The van der Waals surface area contributed by atoms with E-state index in [0.29, 0.717) is 12.1 Å². The van der Waals surface area contributed by atoms with E-state index in [1.54, 1.807) is 0 Å². The van der Waals surface area contributed by atoms with E-state index in [0.717, 1.165) is 19.6 Å². The number of nitrogens with one attached hydrogen (secondary N) is 1. The zero-order valence-electron chi connectivity index (χ0n) is 10.7. The molecule has 0 spiro atoms. The maximum absolute atomic E-state index is 5.80. The molecule has 1 fully saturated rings. The van der Waals surface area contributed by atoms with E-state index in [4.69, 9.17) is 4.74 Å². The van der Waals surface area contributed by atoms with E-state index >= 15 is 0 Å². The van der Waals surface area contributed by atoms with Crippen LogP contribution in [0.25, 0.3) is 0 Å². The van der Waals surface area contributed by atoms with Crippen LogP contribution < -0.4 is 5.32 Å². The summed E-state index contributed by atoms with van der Waals surface area (Å²) in [5.41, 5.74) is 0. The van der Waals surface area contributed by atoms with E-state index in [9.17, 15) is 0 Å². The van der Waals surface area contributed by atoms with Gasteiger partial charge in [0.05, 0.1) is 6.10 Å². The van der Waals surface area contributed by atoms with Gasteiger partial charge in [-0.1, -0.05) is 13.0 Å². The predicted molar refractivity (Wildman–Crippen MR) is 69.7 cm³/mol. The van der Waals surface area contributed by atoms with Crippen molar-refractivity contribution in [2.24, 2.45) is 0 Å².